The highest BCUT2D eigenvalue weighted by atomic mass is 35.5. The van der Waals surface area contributed by atoms with Crippen molar-refractivity contribution in [2.45, 2.75) is 31.7 Å². The van der Waals surface area contributed by atoms with E-state index in [0.717, 1.165) is 21.3 Å². The zero-order valence-electron chi connectivity index (χ0n) is 28.9. The van der Waals surface area contributed by atoms with Crippen LogP contribution in [0.3, 0.4) is 0 Å². The summed E-state index contributed by atoms with van der Waals surface area (Å²) in [6.45, 7) is -0.671. The molecule has 17 nitrogen and oxygen atoms in total. The molecule has 5 N–H and O–H groups in total. The van der Waals surface area contributed by atoms with E-state index in [1.54, 1.807) is 27.2 Å². The fraction of sp³-hybridized carbons (Fsp3) is 0.294. The number of rotatable bonds is 12. The number of halogens is 1. The van der Waals surface area contributed by atoms with E-state index in [2.05, 4.69) is 15.6 Å². The van der Waals surface area contributed by atoms with E-state index < -0.39 is 46.9 Å². The molecule has 0 saturated carbocycles. The van der Waals surface area contributed by atoms with Crippen LogP contribution in [0, 0.1) is 0 Å². The normalized spacial score (nSPS) is 17.4. The maximum atomic E-state index is 14.4. The summed E-state index contributed by atoms with van der Waals surface area (Å²) in [7, 11) is -2.95. The number of hydrogen-bond donors (Lipinski definition) is 4. The molecule has 286 valence electrons. The van der Waals surface area contributed by atoms with Crippen molar-refractivity contribution in [3.8, 4) is 5.75 Å². The summed E-state index contributed by atoms with van der Waals surface area (Å²) in [6.07, 6.45) is -0.813. The van der Waals surface area contributed by atoms with E-state index in [0.29, 0.717) is 5.56 Å². The molecule has 2 saturated heterocycles. The molecule has 0 bridgehead atoms. The molecule has 6 amide bonds. The van der Waals surface area contributed by atoms with Crippen LogP contribution in [0.25, 0.3) is 10.2 Å². The first-order valence-electron chi connectivity index (χ1n) is 16.5. The van der Waals surface area contributed by atoms with E-state index in [1.165, 1.54) is 45.5 Å². The van der Waals surface area contributed by atoms with Crippen molar-refractivity contribution in [1.82, 2.24) is 40.2 Å². The van der Waals surface area contributed by atoms with Gasteiger partial charge in [-0.2, -0.15) is 8.42 Å². The summed E-state index contributed by atoms with van der Waals surface area (Å²) in [4.78, 5) is 72.7. The number of nitrogens with zero attached hydrogens (tertiary/aromatic N) is 5. The predicted molar refractivity (Wildman–Crippen MR) is 200 cm³/mol. The molecule has 0 radical (unpaired) electrons. The smallest absolute Gasteiger partial charge is 0.367 e. The van der Waals surface area contributed by atoms with Crippen molar-refractivity contribution in [3.05, 3.63) is 95.0 Å². The van der Waals surface area contributed by atoms with Gasteiger partial charge in [0, 0.05) is 26.6 Å². The Kier molecular flexibility index (Phi) is 12.7. The number of nitrogens with two attached hydrogens (primary N) is 1. The monoisotopic (exact) mass is 799 g/mol. The number of carbonyl (C=O) groups excluding carboxylic acids is 5. The topological polar surface area (TPSA) is 217 Å². The van der Waals surface area contributed by atoms with Gasteiger partial charge in [0.05, 0.1) is 41.9 Å². The molecule has 0 unspecified atom stereocenters. The van der Waals surface area contributed by atoms with Crippen molar-refractivity contribution < 1.29 is 36.6 Å². The van der Waals surface area contributed by atoms with Crippen LogP contribution < -0.4 is 25.3 Å². The third kappa shape index (κ3) is 9.23. The summed E-state index contributed by atoms with van der Waals surface area (Å²) in [5.74, 6) is -2.49. The molecule has 0 spiro atoms. The van der Waals surface area contributed by atoms with Crippen molar-refractivity contribution >= 4 is 73.9 Å². The molecule has 3 aromatic carbocycles. The number of thiazole rings is 1. The molecule has 2 fully saturated rings. The van der Waals surface area contributed by atoms with Gasteiger partial charge in [-0.3, -0.25) is 19.2 Å². The summed E-state index contributed by atoms with van der Waals surface area (Å²) in [5.41, 5.74) is 9.93. The molecule has 2 aliphatic heterocycles. The molecule has 6 rings (SSSR count). The SMILES string of the molecule is CN1CC(=O)N2[C@@H](Cc3ccc(OS(=O)(=O)NC(=O)CNC(=O)CN)cc3)C(=O)N(Cc3cccc4scnc34)C[C@@H]2N1C(=O)NCc1ccccc1.Cl. The number of urea groups is 1. The third-order valence-corrected chi connectivity index (χ3v) is 10.4. The number of benzene rings is 3. The Balaban J connectivity index is 0.00000561. The van der Waals surface area contributed by atoms with Gasteiger partial charge in [0.15, 0.2) is 0 Å². The van der Waals surface area contributed by atoms with Gasteiger partial charge in [-0.25, -0.2) is 24.5 Å². The number of hydrazine groups is 1. The fourth-order valence-corrected chi connectivity index (χ4v) is 7.74. The third-order valence-electron chi connectivity index (χ3n) is 8.67. The lowest BCUT2D eigenvalue weighted by Gasteiger charge is -2.54. The van der Waals surface area contributed by atoms with Gasteiger partial charge in [0.1, 0.15) is 18.0 Å². The molecule has 20 heteroatoms. The molecule has 2 atom stereocenters. The molecular weight excluding hydrogens is 762 g/mol. The van der Waals surface area contributed by atoms with E-state index in [9.17, 15) is 32.4 Å². The highest BCUT2D eigenvalue weighted by molar-refractivity contribution is 7.85. The van der Waals surface area contributed by atoms with Gasteiger partial charge < -0.3 is 30.4 Å². The minimum Gasteiger partial charge on any atom is -0.367 e. The Hall–Kier alpha value is -5.34. The first kappa shape index (κ1) is 39.9. The fourth-order valence-electron chi connectivity index (χ4n) is 6.26. The number of hydrogen-bond acceptors (Lipinski definition) is 12. The maximum absolute atomic E-state index is 14.4. The van der Waals surface area contributed by atoms with Gasteiger partial charge in [-0.15, -0.1) is 23.7 Å². The minimum absolute atomic E-state index is 0. The number of para-hydroxylation sites is 1. The number of piperazine rings is 1. The molecule has 3 heterocycles. The van der Waals surface area contributed by atoms with Crippen LogP contribution >= 0.6 is 23.7 Å². The van der Waals surface area contributed by atoms with Gasteiger partial charge in [0.2, 0.25) is 17.7 Å². The Labute approximate surface area is 321 Å². The quantitative estimate of drug-likeness (QED) is 0.157. The summed E-state index contributed by atoms with van der Waals surface area (Å²) < 4.78 is 32.5. The highest BCUT2D eigenvalue weighted by Crippen LogP contribution is 2.30. The van der Waals surface area contributed by atoms with Crippen molar-refractivity contribution in [2.75, 3.05) is 33.2 Å². The van der Waals surface area contributed by atoms with Crippen molar-refractivity contribution in [1.29, 1.82) is 0 Å². The summed E-state index contributed by atoms with van der Waals surface area (Å²) >= 11 is 1.48. The van der Waals surface area contributed by atoms with Crippen LogP contribution in [-0.2, 0) is 49.0 Å². The van der Waals surface area contributed by atoms with Crippen LogP contribution in [0.1, 0.15) is 16.7 Å². The van der Waals surface area contributed by atoms with Gasteiger partial charge in [-0.05, 0) is 34.9 Å². The van der Waals surface area contributed by atoms with E-state index in [1.807, 2.05) is 48.5 Å². The molecule has 0 aliphatic carbocycles. The van der Waals surface area contributed by atoms with Crippen LogP contribution in [0.4, 0.5) is 4.79 Å². The number of aromatic nitrogens is 1. The molecule has 54 heavy (non-hydrogen) atoms. The van der Waals surface area contributed by atoms with Crippen LogP contribution in [0.15, 0.2) is 78.3 Å². The minimum atomic E-state index is -4.60. The Morgan fingerprint density at radius 2 is 1.70 bits per heavy atom. The zero-order chi connectivity index (χ0) is 37.7. The molecule has 1 aromatic heterocycles. The van der Waals surface area contributed by atoms with E-state index >= 15 is 0 Å². The number of fused-ring (bicyclic) bond motifs is 2. The lowest BCUT2D eigenvalue weighted by Crippen LogP contribution is -2.76. The van der Waals surface area contributed by atoms with Gasteiger partial charge >= 0.3 is 16.3 Å². The molecular formula is C34H38ClN9O8S2. The highest BCUT2D eigenvalue weighted by Gasteiger charge is 2.50. The van der Waals surface area contributed by atoms with Crippen molar-refractivity contribution in [2.24, 2.45) is 5.73 Å². The van der Waals surface area contributed by atoms with E-state index in [-0.39, 0.29) is 69.1 Å². The predicted octanol–water partition coefficient (Wildman–Crippen LogP) is 0.713. The van der Waals surface area contributed by atoms with Gasteiger partial charge in [-0.1, -0.05) is 54.6 Å². The maximum Gasteiger partial charge on any atom is 0.409 e. The summed E-state index contributed by atoms with van der Waals surface area (Å²) in [5, 5.41) is 8.11. The van der Waals surface area contributed by atoms with E-state index in [4.69, 9.17) is 9.92 Å². The number of nitrogens with one attached hydrogen (secondary N) is 3. The van der Waals surface area contributed by atoms with Gasteiger partial charge in [0.25, 0.3) is 5.91 Å². The number of likely N-dealkylation sites (N-methyl/N-ethyl adjacent to an activating group) is 1. The lowest BCUT2D eigenvalue weighted by atomic mass is 9.98. The Morgan fingerprint density at radius 3 is 2.43 bits per heavy atom. The Morgan fingerprint density at radius 1 is 0.963 bits per heavy atom. The van der Waals surface area contributed by atoms with Crippen molar-refractivity contribution in [3.63, 3.8) is 0 Å². The molecule has 2 aliphatic rings. The largest absolute Gasteiger partial charge is 0.409 e. The average molecular weight is 800 g/mol. The standard InChI is InChI=1S/C34H37N9O8S2.ClH/c1-40-20-31(46)42-26(14-22-10-12-25(13-11-22)51-53(49,50)39-29(45)17-36-28(44)15-35)33(47)41(18-24-8-5-9-27-32(24)38-21-52-27)19-30(42)43(40)34(48)37-16-23-6-3-2-4-7-23;/h2-13,21,26,30H,14-20,35H2,1H3,(H,36,44)(H,37,48)(H,39,45);1H/t26-,30-;/m0./s1. The first-order chi connectivity index (χ1) is 25.4. The van der Waals surface area contributed by atoms with Crippen LogP contribution in [0.5, 0.6) is 5.75 Å². The Bertz CT molecular complexity index is 2120. The molecule has 4 aromatic rings. The number of amides is 6. The second-order valence-corrected chi connectivity index (χ2v) is 14.5. The van der Waals surface area contributed by atoms with Crippen LogP contribution in [0.2, 0.25) is 0 Å². The average Bonchev–Trinajstić information content (AvgIpc) is 3.62. The second-order valence-electron chi connectivity index (χ2n) is 12.3. The second kappa shape index (κ2) is 17.2. The lowest BCUT2D eigenvalue weighted by molar-refractivity contribution is -0.187. The first-order valence-corrected chi connectivity index (χ1v) is 18.7. The summed E-state index contributed by atoms with van der Waals surface area (Å²) in [6, 6.07) is 19.4. The van der Waals surface area contributed by atoms with Crippen LogP contribution in [-0.4, -0.2) is 108 Å². The number of carbonyl (C=O) groups is 5. The zero-order valence-corrected chi connectivity index (χ0v) is 31.4.